The first kappa shape index (κ1) is 30.1. The molecule has 1 aliphatic heterocycles. The number of unbranched alkanes of at least 4 members (excludes halogenated alkanes) is 1. The fourth-order valence-electron chi connectivity index (χ4n) is 4.40. The van der Waals surface area contributed by atoms with Gasteiger partial charge in [0.05, 0.1) is 7.11 Å². The molecule has 1 aromatic carbocycles. The predicted molar refractivity (Wildman–Crippen MR) is 139 cm³/mol. The molecule has 0 bridgehead atoms. The number of amides is 4. The van der Waals surface area contributed by atoms with Gasteiger partial charge in [0.2, 0.25) is 17.7 Å². The smallest absolute Gasteiger partial charge is 0.251 e. The van der Waals surface area contributed by atoms with Gasteiger partial charge < -0.3 is 20.3 Å². The molecule has 1 heterocycles. The first-order valence-corrected chi connectivity index (χ1v) is 13.0. The summed E-state index contributed by atoms with van der Waals surface area (Å²) in [5.74, 6) is -1.34. The predicted octanol–water partition coefficient (Wildman–Crippen LogP) is 2.65. The Kier molecular flexibility index (Phi) is 11.4. The number of hydroxylamine groups is 1. The summed E-state index contributed by atoms with van der Waals surface area (Å²) in [4.78, 5) is 52.6. The number of hydrogen-bond acceptors (Lipinski definition) is 6. The van der Waals surface area contributed by atoms with E-state index in [0.717, 1.165) is 12.8 Å². The Hall–Kier alpha value is -3.14. The van der Waals surface area contributed by atoms with Crippen LogP contribution in [-0.2, 0) is 14.4 Å². The molecule has 206 valence electrons. The zero-order chi connectivity index (χ0) is 27.6. The lowest BCUT2D eigenvalue weighted by Crippen LogP contribution is -2.57. The highest BCUT2D eigenvalue weighted by molar-refractivity contribution is 5.94. The highest BCUT2D eigenvalue weighted by Crippen LogP contribution is 2.24. The number of carbonyl (C=O) groups excluding carboxylic acids is 4. The van der Waals surface area contributed by atoms with Crippen molar-refractivity contribution in [3.63, 3.8) is 0 Å². The molecular weight excluding hydrogens is 476 g/mol. The van der Waals surface area contributed by atoms with Crippen molar-refractivity contribution >= 4 is 23.6 Å². The summed E-state index contributed by atoms with van der Waals surface area (Å²) in [6.45, 7) is 8.55. The van der Waals surface area contributed by atoms with Gasteiger partial charge in [0.1, 0.15) is 11.8 Å². The molecule has 4 N–H and O–H groups in total. The third-order valence-corrected chi connectivity index (χ3v) is 6.73. The number of nitrogens with zero attached hydrogens (tertiary/aromatic N) is 1. The van der Waals surface area contributed by atoms with E-state index in [2.05, 4.69) is 10.6 Å². The molecule has 0 radical (unpaired) electrons. The van der Waals surface area contributed by atoms with E-state index >= 15 is 0 Å². The molecule has 0 aromatic heterocycles. The number of benzene rings is 1. The zero-order valence-corrected chi connectivity index (χ0v) is 22.6. The summed E-state index contributed by atoms with van der Waals surface area (Å²) in [5, 5.41) is 14.9. The van der Waals surface area contributed by atoms with E-state index in [9.17, 15) is 19.2 Å². The van der Waals surface area contributed by atoms with Gasteiger partial charge in [0.25, 0.3) is 5.91 Å². The molecule has 10 nitrogen and oxygen atoms in total. The molecule has 1 saturated heterocycles. The van der Waals surface area contributed by atoms with Crippen LogP contribution in [0, 0.1) is 11.3 Å². The van der Waals surface area contributed by atoms with Crippen LogP contribution in [0.3, 0.4) is 0 Å². The standard InChI is InChI=1S/C27H42N4O6/c1-6-7-8-19(25(34)30-36)17-22(32)29-23(27(2,3)4)26(35)31-15-13-20(14-16-31)28-24(33)18-9-11-21(37-5)12-10-18/h9-12,19-20,23,36H,6-8,13-17H2,1-5H3,(H,28,33)(H,29,32)(H,30,34)/t19-,23-/m1/s1. The summed E-state index contributed by atoms with van der Waals surface area (Å²) in [7, 11) is 1.57. The number of piperidine rings is 1. The molecule has 1 aliphatic rings. The molecule has 4 amide bonds. The van der Waals surface area contributed by atoms with E-state index in [1.807, 2.05) is 27.7 Å². The summed E-state index contributed by atoms with van der Waals surface area (Å²) < 4.78 is 5.13. The Labute approximate surface area is 219 Å². The van der Waals surface area contributed by atoms with E-state index in [-0.39, 0.29) is 24.3 Å². The molecular formula is C27H42N4O6. The summed E-state index contributed by atoms with van der Waals surface area (Å²) in [6, 6.07) is 6.06. The molecule has 0 spiro atoms. The van der Waals surface area contributed by atoms with Crippen LogP contribution in [0.5, 0.6) is 5.75 Å². The lowest BCUT2D eigenvalue weighted by Gasteiger charge is -2.38. The van der Waals surface area contributed by atoms with Gasteiger partial charge >= 0.3 is 0 Å². The second kappa shape index (κ2) is 14.0. The SMILES string of the molecule is CCCC[C@H](CC(=O)N[C@H](C(=O)N1CCC(NC(=O)c2ccc(OC)cc2)CC1)C(C)(C)C)C(=O)NO. The fraction of sp³-hybridized carbons (Fsp3) is 0.630. The molecule has 0 aliphatic carbocycles. The van der Waals surface area contributed by atoms with Gasteiger partial charge in [0.15, 0.2) is 0 Å². The van der Waals surface area contributed by atoms with Crippen LogP contribution in [0.25, 0.3) is 0 Å². The van der Waals surface area contributed by atoms with Crippen LogP contribution in [0.1, 0.15) is 76.6 Å². The fourth-order valence-corrected chi connectivity index (χ4v) is 4.40. The molecule has 37 heavy (non-hydrogen) atoms. The quantitative estimate of drug-likeness (QED) is 0.263. The minimum absolute atomic E-state index is 0.0577. The molecule has 1 fully saturated rings. The topological polar surface area (TPSA) is 137 Å². The Morgan fingerprint density at radius 3 is 2.24 bits per heavy atom. The Bertz CT molecular complexity index is 920. The first-order valence-electron chi connectivity index (χ1n) is 13.0. The monoisotopic (exact) mass is 518 g/mol. The first-order chi connectivity index (χ1) is 17.5. The van der Waals surface area contributed by atoms with Crippen LogP contribution >= 0.6 is 0 Å². The Morgan fingerprint density at radius 1 is 1.11 bits per heavy atom. The molecule has 0 saturated carbocycles. The lowest BCUT2D eigenvalue weighted by molar-refractivity contribution is -0.141. The number of rotatable bonds is 11. The van der Waals surface area contributed by atoms with E-state index in [4.69, 9.17) is 9.94 Å². The van der Waals surface area contributed by atoms with Gasteiger partial charge in [-0.1, -0.05) is 40.5 Å². The van der Waals surface area contributed by atoms with Crippen molar-refractivity contribution in [2.45, 2.75) is 78.3 Å². The van der Waals surface area contributed by atoms with Crippen molar-refractivity contribution in [1.82, 2.24) is 21.0 Å². The van der Waals surface area contributed by atoms with Crippen molar-refractivity contribution in [3.05, 3.63) is 29.8 Å². The van der Waals surface area contributed by atoms with Gasteiger partial charge in [0, 0.05) is 37.0 Å². The van der Waals surface area contributed by atoms with Crippen LogP contribution in [0.15, 0.2) is 24.3 Å². The maximum Gasteiger partial charge on any atom is 0.251 e. The maximum atomic E-state index is 13.4. The van der Waals surface area contributed by atoms with Gasteiger partial charge in [-0.2, -0.15) is 0 Å². The maximum absolute atomic E-state index is 13.4. The van der Waals surface area contributed by atoms with Crippen molar-refractivity contribution in [1.29, 1.82) is 0 Å². The molecule has 10 heteroatoms. The van der Waals surface area contributed by atoms with E-state index < -0.39 is 29.2 Å². The number of hydrogen-bond donors (Lipinski definition) is 4. The zero-order valence-electron chi connectivity index (χ0n) is 22.6. The van der Waals surface area contributed by atoms with Crippen LogP contribution in [0.4, 0.5) is 0 Å². The summed E-state index contributed by atoms with van der Waals surface area (Å²) in [5.41, 5.74) is 1.63. The Balaban J connectivity index is 1.95. The number of likely N-dealkylation sites (tertiary alicyclic amines) is 1. The molecule has 1 aromatic rings. The number of carbonyl (C=O) groups is 4. The summed E-state index contributed by atoms with van der Waals surface area (Å²) in [6.07, 6.45) is 3.18. The largest absolute Gasteiger partial charge is 0.497 e. The van der Waals surface area contributed by atoms with E-state index in [1.54, 1.807) is 41.8 Å². The minimum Gasteiger partial charge on any atom is -0.497 e. The van der Waals surface area contributed by atoms with Crippen molar-refractivity contribution in [2.75, 3.05) is 20.2 Å². The average molecular weight is 519 g/mol. The lowest BCUT2D eigenvalue weighted by atomic mass is 9.85. The Morgan fingerprint density at radius 2 is 1.73 bits per heavy atom. The van der Waals surface area contributed by atoms with Crippen LogP contribution < -0.4 is 20.9 Å². The highest BCUT2D eigenvalue weighted by Gasteiger charge is 2.37. The highest BCUT2D eigenvalue weighted by atomic mass is 16.5. The summed E-state index contributed by atoms with van der Waals surface area (Å²) >= 11 is 0. The number of nitrogens with one attached hydrogen (secondary N) is 3. The molecule has 2 rings (SSSR count). The van der Waals surface area contributed by atoms with E-state index in [1.165, 1.54) is 0 Å². The number of ether oxygens (including phenoxy) is 1. The average Bonchev–Trinajstić information content (AvgIpc) is 2.88. The van der Waals surface area contributed by atoms with Crippen LogP contribution in [0.2, 0.25) is 0 Å². The van der Waals surface area contributed by atoms with Gasteiger partial charge in [-0.05, 0) is 48.9 Å². The second-order valence-electron chi connectivity index (χ2n) is 10.7. The normalized spacial score (nSPS) is 15.9. The van der Waals surface area contributed by atoms with Gasteiger partial charge in [-0.15, -0.1) is 0 Å². The van der Waals surface area contributed by atoms with Crippen molar-refractivity contribution in [2.24, 2.45) is 11.3 Å². The molecule has 0 unspecified atom stereocenters. The second-order valence-corrected chi connectivity index (χ2v) is 10.7. The third-order valence-electron chi connectivity index (χ3n) is 6.73. The third kappa shape index (κ3) is 9.03. The van der Waals surface area contributed by atoms with Crippen LogP contribution in [-0.4, -0.2) is 66.0 Å². The van der Waals surface area contributed by atoms with Gasteiger partial charge in [-0.25, -0.2) is 5.48 Å². The van der Waals surface area contributed by atoms with Crippen molar-refractivity contribution < 1.29 is 29.1 Å². The minimum atomic E-state index is -0.769. The molecule has 2 atom stereocenters. The van der Waals surface area contributed by atoms with Gasteiger partial charge in [-0.3, -0.25) is 24.4 Å². The van der Waals surface area contributed by atoms with E-state index in [0.29, 0.717) is 43.7 Å². The number of methoxy groups -OCH3 is 1. The van der Waals surface area contributed by atoms with Crippen molar-refractivity contribution in [3.8, 4) is 5.75 Å².